The van der Waals surface area contributed by atoms with Gasteiger partial charge in [-0.05, 0) is 31.6 Å². The highest BCUT2D eigenvalue weighted by Crippen LogP contribution is 2.27. The molecule has 4 atom stereocenters. The van der Waals surface area contributed by atoms with E-state index in [2.05, 4.69) is 5.32 Å². The molecule has 0 radical (unpaired) electrons. The smallest absolute Gasteiger partial charge is 0.0693 e. The van der Waals surface area contributed by atoms with Crippen molar-refractivity contribution in [3.8, 4) is 0 Å². The molecule has 0 aromatic rings. The van der Waals surface area contributed by atoms with E-state index in [-0.39, 0.29) is 12.1 Å². The molecule has 15 heavy (non-hydrogen) atoms. The van der Waals surface area contributed by atoms with Gasteiger partial charge < -0.3 is 15.5 Å². The van der Waals surface area contributed by atoms with E-state index >= 15 is 0 Å². The van der Waals surface area contributed by atoms with Crippen molar-refractivity contribution in [3.05, 3.63) is 0 Å². The van der Waals surface area contributed by atoms with Crippen molar-refractivity contribution in [2.24, 2.45) is 5.92 Å². The quantitative estimate of drug-likeness (QED) is 0.656. The standard InChI is InChI=1S/C12H23NO2/c14-8-9-4-3-6-10(9)13-11-5-1-2-7-12(11)15/h9-15H,1-8H2/t9?,10?,11-,12-/m0/s1. The summed E-state index contributed by atoms with van der Waals surface area (Å²) in [7, 11) is 0. The zero-order valence-corrected chi connectivity index (χ0v) is 9.36. The molecule has 3 N–H and O–H groups in total. The molecule has 0 aliphatic heterocycles. The Morgan fingerprint density at radius 2 is 1.67 bits per heavy atom. The normalized spacial score (nSPS) is 42.0. The van der Waals surface area contributed by atoms with Crippen molar-refractivity contribution in [3.63, 3.8) is 0 Å². The minimum absolute atomic E-state index is 0.168. The lowest BCUT2D eigenvalue weighted by molar-refractivity contribution is 0.0776. The highest BCUT2D eigenvalue weighted by molar-refractivity contribution is 4.89. The van der Waals surface area contributed by atoms with Crippen LogP contribution >= 0.6 is 0 Å². The third-order valence-electron chi connectivity index (χ3n) is 4.05. The zero-order chi connectivity index (χ0) is 10.7. The second-order valence-electron chi connectivity index (χ2n) is 5.11. The topological polar surface area (TPSA) is 52.5 Å². The Morgan fingerprint density at radius 3 is 2.40 bits per heavy atom. The van der Waals surface area contributed by atoms with Crippen LogP contribution in [0.1, 0.15) is 44.9 Å². The van der Waals surface area contributed by atoms with Crippen LogP contribution in [0.25, 0.3) is 0 Å². The van der Waals surface area contributed by atoms with Gasteiger partial charge in [-0.15, -0.1) is 0 Å². The van der Waals surface area contributed by atoms with Gasteiger partial charge in [0.1, 0.15) is 0 Å². The lowest BCUT2D eigenvalue weighted by Crippen LogP contribution is -2.48. The summed E-state index contributed by atoms with van der Waals surface area (Å²) in [5, 5.41) is 22.7. The molecule has 0 spiro atoms. The van der Waals surface area contributed by atoms with Crippen LogP contribution in [-0.2, 0) is 0 Å². The molecule has 2 rings (SSSR count). The first-order chi connectivity index (χ1) is 7.31. The molecular formula is C12H23NO2. The number of nitrogens with one attached hydrogen (secondary N) is 1. The molecule has 0 aromatic heterocycles. The second-order valence-corrected chi connectivity index (χ2v) is 5.11. The molecule has 2 aliphatic rings. The van der Waals surface area contributed by atoms with Crippen molar-refractivity contribution in [2.45, 2.75) is 63.1 Å². The third kappa shape index (κ3) is 2.71. The van der Waals surface area contributed by atoms with Gasteiger partial charge in [0.25, 0.3) is 0 Å². The van der Waals surface area contributed by atoms with Crippen LogP contribution in [-0.4, -0.2) is 35.0 Å². The van der Waals surface area contributed by atoms with Gasteiger partial charge in [0.05, 0.1) is 6.10 Å². The Labute approximate surface area is 91.9 Å². The zero-order valence-electron chi connectivity index (χ0n) is 9.36. The largest absolute Gasteiger partial charge is 0.396 e. The molecule has 3 heteroatoms. The molecule has 0 amide bonds. The van der Waals surface area contributed by atoms with E-state index in [1.165, 1.54) is 12.8 Å². The van der Waals surface area contributed by atoms with Crippen LogP contribution in [0.5, 0.6) is 0 Å². The number of aliphatic hydroxyl groups is 2. The summed E-state index contributed by atoms with van der Waals surface area (Å²) in [6.07, 6.45) is 7.76. The van der Waals surface area contributed by atoms with Crippen molar-refractivity contribution in [2.75, 3.05) is 6.61 Å². The number of rotatable bonds is 3. The maximum absolute atomic E-state index is 9.86. The van der Waals surface area contributed by atoms with Crippen LogP contribution in [0.15, 0.2) is 0 Å². The van der Waals surface area contributed by atoms with Crippen LogP contribution < -0.4 is 5.32 Å². The number of hydrogen-bond acceptors (Lipinski definition) is 3. The molecular weight excluding hydrogens is 190 g/mol. The average Bonchev–Trinajstić information content (AvgIpc) is 2.69. The maximum Gasteiger partial charge on any atom is 0.0693 e. The molecule has 2 aliphatic carbocycles. The summed E-state index contributed by atoms with van der Waals surface area (Å²) >= 11 is 0. The number of hydrogen-bond donors (Lipinski definition) is 3. The number of aliphatic hydroxyl groups excluding tert-OH is 2. The minimum Gasteiger partial charge on any atom is -0.396 e. The van der Waals surface area contributed by atoms with Gasteiger partial charge in [0.2, 0.25) is 0 Å². The minimum atomic E-state index is -0.168. The third-order valence-corrected chi connectivity index (χ3v) is 4.05. The molecule has 0 saturated heterocycles. The Kier molecular flexibility index (Phi) is 4.00. The molecule has 2 fully saturated rings. The molecule has 0 heterocycles. The summed E-state index contributed by atoms with van der Waals surface area (Å²) in [6.45, 7) is 0.292. The first kappa shape index (κ1) is 11.4. The fourth-order valence-electron chi connectivity index (χ4n) is 3.06. The summed E-state index contributed by atoms with van der Waals surface area (Å²) < 4.78 is 0. The van der Waals surface area contributed by atoms with Gasteiger partial charge in [-0.25, -0.2) is 0 Å². The van der Waals surface area contributed by atoms with Crippen molar-refractivity contribution < 1.29 is 10.2 Å². The Morgan fingerprint density at radius 1 is 0.933 bits per heavy atom. The Bertz CT molecular complexity index is 198. The van der Waals surface area contributed by atoms with Gasteiger partial charge in [0, 0.05) is 18.7 Å². The highest BCUT2D eigenvalue weighted by atomic mass is 16.3. The summed E-state index contributed by atoms with van der Waals surface area (Å²) in [6, 6.07) is 0.712. The van der Waals surface area contributed by atoms with Crippen molar-refractivity contribution in [1.82, 2.24) is 5.32 Å². The van der Waals surface area contributed by atoms with Gasteiger partial charge in [0.15, 0.2) is 0 Å². The molecule has 2 saturated carbocycles. The monoisotopic (exact) mass is 213 g/mol. The summed E-state index contributed by atoms with van der Waals surface area (Å²) in [4.78, 5) is 0. The van der Waals surface area contributed by atoms with E-state index < -0.39 is 0 Å². The van der Waals surface area contributed by atoms with Crippen LogP contribution in [0.3, 0.4) is 0 Å². The molecule has 3 nitrogen and oxygen atoms in total. The van der Waals surface area contributed by atoms with Crippen LogP contribution in [0.4, 0.5) is 0 Å². The fourth-order valence-corrected chi connectivity index (χ4v) is 3.06. The van der Waals surface area contributed by atoms with E-state index in [1.807, 2.05) is 0 Å². The van der Waals surface area contributed by atoms with E-state index in [4.69, 9.17) is 0 Å². The van der Waals surface area contributed by atoms with E-state index in [0.29, 0.717) is 18.6 Å². The second kappa shape index (κ2) is 5.28. The molecule has 88 valence electrons. The lowest BCUT2D eigenvalue weighted by atomic mass is 9.91. The first-order valence-electron chi connectivity index (χ1n) is 6.36. The highest BCUT2D eigenvalue weighted by Gasteiger charge is 2.31. The summed E-state index contributed by atoms with van der Waals surface area (Å²) in [5.74, 6) is 0.416. The average molecular weight is 213 g/mol. The molecule has 2 unspecified atom stereocenters. The van der Waals surface area contributed by atoms with Gasteiger partial charge in [-0.2, -0.15) is 0 Å². The van der Waals surface area contributed by atoms with Gasteiger partial charge in [-0.3, -0.25) is 0 Å². The van der Waals surface area contributed by atoms with Crippen LogP contribution in [0, 0.1) is 5.92 Å². The summed E-state index contributed by atoms with van der Waals surface area (Å²) in [5.41, 5.74) is 0. The molecule has 0 bridgehead atoms. The predicted molar refractivity (Wildman–Crippen MR) is 59.6 cm³/mol. The van der Waals surface area contributed by atoms with E-state index in [0.717, 1.165) is 32.1 Å². The fraction of sp³-hybridized carbons (Fsp3) is 1.00. The predicted octanol–water partition coefficient (Wildman–Crippen LogP) is 1.04. The van der Waals surface area contributed by atoms with E-state index in [1.54, 1.807) is 0 Å². The van der Waals surface area contributed by atoms with Crippen molar-refractivity contribution >= 4 is 0 Å². The lowest BCUT2D eigenvalue weighted by Gasteiger charge is -2.32. The van der Waals surface area contributed by atoms with Gasteiger partial charge >= 0.3 is 0 Å². The van der Waals surface area contributed by atoms with E-state index in [9.17, 15) is 10.2 Å². The maximum atomic E-state index is 9.86. The Balaban J connectivity index is 1.84. The van der Waals surface area contributed by atoms with Gasteiger partial charge in [-0.1, -0.05) is 19.3 Å². The molecule has 0 aromatic carbocycles. The Hall–Kier alpha value is -0.120. The van der Waals surface area contributed by atoms with Crippen molar-refractivity contribution in [1.29, 1.82) is 0 Å². The SMILES string of the molecule is OCC1CCCC1N[C@H]1CCCC[C@@H]1O. The first-order valence-corrected chi connectivity index (χ1v) is 6.36. The van der Waals surface area contributed by atoms with Crippen LogP contribution in [0.2, 0.25) is 0 Å².